The number of rotatable bonds is 5. The van der Waals surface area contributed by atoms with E-state index in [1.165, 1.54) is 52.2 Å². The van der Waals surface area contributed by atoms with E-state index in [9.17, 15) is 0 Å². The smallest absolute Gasteiger partial charge is 0.174 e. The zero-order chi connectivity index (χ0) is 29.7. The van der Waals surface area contributed by atoms with Crippen LogP contribution < -0.4 is 15.1 Å². The minimum Gasteiger partial charge on any atom is -0.370 e. The summed E-state index contributed by atoms with van der Waals surface area (Å²) in [5.41, 5.74) is 11.8. The van der Waals surface area contributed by atoms with E-state index in [1.54, 1.807) is 0 Å². The number of thiocarbonyl (C=S) groups is 1. The lowest BCUT2D eigenvalue weighted by Gasteiger charge is -2.33. The molecule has 6 rings (SSSR count). The van der Waals surface area contributed by atoms with Crippen molar-refractivity contribution in [1.82, 2.24) is 14.9 Å². The largest absolute Gasteiger partial charge is 0.370 e. The number of hydrogen-bond donors (Lipinski definition) is 1. The number of anilines is 2. The standard InChI is InChI=1S/C35H40ClN5S/c1-21-12-15-39(16-13-21)31-11-10-27(20-29(31)36)41-34(32(38-35(41)42)30-9-7-8-14-37-30)28-19-25(5)40(26(28)6)33-23(3)17-22(2)18-24(33)4/h7-11,14,17-21,32,34H,12-13,15-16H2,1-6H3,(H,38,42). The van der Waals surface area contributed by atoms with Gasteiger partial charge < -0.3 is 19.7 Å². The first-order valence-corrected chi connectivity index (χ1v) is 15.7. The van der Waals surface area contributed by atoms with E-state index in [4.69, 9.17) is 28.8 Å². The topological polar surface area (TPSA) is 36.3 Å². The van der Waals surface area contributed by atoms with E-state index in [1.807, 2.05) is 18.3 Å². The van der Waals surface area contributed by atoms with Crippen LogP contribution in [-0.4, -0.2) is 27.8 Å². The van der Waals surface area contributed by atoms with Crippen molar-refractivity contribution in [1.29, 1.82) is 0 Å². The van der Waals surface area contributed by atoms with Gasteiger partial charge in [-0.3, -0.25) is 4.98 Å². The predicted molar refractivity (Wildman–Crippen MR) is 179 cm³/mol. The van der Waals surface area contributed by atoms with Crippen LogP contribution in [0.15, 0.2) is 60.8 Å². The van der Waals surface area contributed by atoms with Gasteiger partial charge in [-0.15, -0.1) is 0 Å². The van der Waals surface area contributed by atoms with E-state index in [2.05, 4.69) is 104 Å². The van der Waals surface area contributed by atoms with Crippen LogP contribution in [-0.2, 0) is 0 Å². The van der Waals surface area contributed by atoms with E-state index in [0.717, 1.165) is 41.1 Å². The Morgan fingerprint density at radius 2 is 1.64 bits per heavy atom. The normalized spacial score (nSPS) is 19.5. The summed E-state index contributed by atoms with van der Waals surface area (Å²) in [6, 6.07) is 19.2. The lowest BCUT2D eigenvalue weighted by Crippen LogP contribution is -2.33. The molecule has 1 N–H and O–H groups in total. The zero-order valence-corrected chi connectivity index (χ0v) is 27.0. The van der Waals surface area contributed by atoms with Gasteiger partial charge in [0, 0.05) is 36.4 Å². The second-order valence-electron chi connectivity index (χ2n) is 12.2. The first kappa shape index (κ1) is 28.8. The molecule has 42 heavy (non-hydrogen) atoms. The molecule has 218 valence electrons. The van der Waals surface area contributed by atoms with E-state index in [0.29, 0.717) is 5.11 Å². The molecule has 2 aromatic carbocycles. The Morgan fingerprint density at radius 1 is 0.929 bits per heavy atom. The minimum atomic E-state index is -0.116. The second kappa shape index (κ2) is 11.4. The highest BCUT2D eigenvalue weighted by Crippen LogP contribution is 2.45. The third-order valence-corrected chi connectivity index (χ3v) is 9.70. The molecule has 0 radical (unpaired) electrons. The van der Waals surface area contributed by atoms with Crippen molar-refractivity contribution in [3.8, 4) is 5.69 Å². The maximum Gasteiger partial charge on any atom is 0.174 e. The molecule has 5 nitrogen and oxygen atoms in total. The van der Waals surface area contributed by atoms with Crippen molar-refractivity contribution in [2.45, 2.75) is 66.5 Å². The maximum atomic E-state index is 7.01. The van der Waals surface area contributed by atoms with Crippen LogP contribution in [0.2, 0.25) is 5.02 Å². The van der Waals surface area contributed by atoms with Crippen molar-refractivity contribution in [3.63, 3.8) is 0 Å². The maximum absolute atomic E-state index is 7.01. The summed E-state index contributed by atoms with van der Waals surface area (Å²) in [4.78, 5) is 9.42. The summed E-state index contributed by atoms with van der Waals surface area (Å²) < 4.78 is 2.40. The number of nitrogens with one attached hydrogen (secondary N) is 1. The van der Waals surface area contributed by atoms with Crippen LogP contribution in [0.4, 0.5) is 11.4 Å². The Hall–Kier alpha value is -3.35. The Kier molecular flexibility index (Phi) is 7.79. The molecule has 0 bridgehead atoms. The van der Waals surface area contributed by atoms with Gasteiger partial charge in [0.1, 0.15) is 0 Å². The van der Waals surface area contributed by atoms with Gasteiger partial charge in [-0.2, -0.15) is 0 Å². The van der Waals surface area contributed by atoms with Crippen molar-refractivity contribution < 1.29 is 0 Å². The van der Waals surface area contributed by atoms with Gasteiger partial charge >= 0.3 is 0 Å². The second-order valence-corrected chi connectivity index (χ2v) is 13.0. The molecule has 2 unspecified atom stereocenters. The highest BCUT2D eigenvalue weighted by atomic mass is 35.5. The SMILES string of the molecule is Cc1cc(C)c(-n2c(C)cc(C3C(c4ccccn4)NC(=S)N3c3ccc(N4CCC(C)CC4)c(Cl)c3)c2C)c(C)c1. The molecule has 0 amide bonds. The monoisotopic (exact) mass is 597 g/mol. The fraction of sp³-hybridized carbons (Fsp3) is 0.371. The van der Waals surface area contributed by atoms with Crippen LogP contribution in [0, 0.1) is 40.5 Å². The number of hydrogen-bond acceptors (Lipinski definition) is 3. The van der Waals surface area contributed by atoms with Gasteiger partial charge in [0.25, 0.3) is 0 Å². The molecule has 2 fully saturated rings. The number of piperidine rings is 1. The Labute approximate surface area is 260 Å². The fourth-order valence-corrected chi connectivity index (χ4v) is 7.70. The molecule has 2 atom stereocenters. The molecule has 2 aliphatic heterocycles. The van der Waals surface area contributed by atoms with Crippen LogP contribution in [0.3, 0.4) is 0 Å². The average Bonchev–Trinajstić information content (AvgIpc) is 3.44. The van der Waals surface area contributed by atoms with Crippen molar-refractivity contribution in [3.05, 3.63) is 105 Å². The Bertz CT molecular complexity index is 1610. The highest BCUT2D eigenvalue weighted by Gasteiger charge is 2.42. The molecule has 2 saturated heterocycles. The lowest BCUT2D eigenvalue weighted by atomic mass is 9.96. The first-order chi connectivity index (χ1) is 20.1. The highest BCUT2D eigenvalue weighted by molar-refractivity contribution is 7.80. The van der Waals surface area contributed by atoms with E-state index in [-0.39, 0.29) is 12.1 Å². The first-order valence-electron chi connectivity index (χ1n) is 15.0. The number of halogens is 1. The van der Waals surface area contributed by atoms with Gasteiger partial charge in [-0.1, -0.05) is 42.3 Å². The quantitative estimate of drug-likeness (QED) is 0.233. The molecular formula is C35H40ClN5S. The van der Waals surface area contributed by atoms with Gasteiger partial charge in [0.15, 0.2) is 5.11 Å². The third-order valence-electron chi connectivity index (χ3n) is 9.08. The molecule has 4 aromatic rings. The van der Waals surface area contributed by atoms with Crippen molar-refractivity contribution in [2.24, 2.45) is 5.92 Å². The molecule has 4 heterocycles. The minimum absolute atomic E-state index is 0.101. The average molecular weight is 598 g/mol. The van der Waals surface area contributed by atoms with E-state index < -0.39 is 0 Å². The van der Waals surface area contributed by atoms with E-state index >= 15 is 0 Å². The number of aryl methyl sites for hydroxylation is 4. The number of benzene rings is 2. The number of aromatic nitrogens is 2. The zero-order valence-electron chi connectivity index (χ0n) is 25.4. The summed E-state index contributed by atoms with van der Waals surface area (Å²) in [6.45, 7) is 15.4. The van der Waals surface area contributed by atoms with Crippen molar-refractivity contribution >= 4 is 40.3 Å². The molecule has 2 aromatic heterocycles. The van der Waals surface area contributed by atoms with Gasteiger partial charge in [-0.25, -0.2) is 0 Å². The molecule has 2 aliphatic rings. The summed E-state index contributed by atoms with van der Waals surface area (Å²) in [5, 5.41) is 5.07. The summed E-state index contributed by atoms with van der Waals surface area (Å²) in [7, 11) is 0. The molecular weight excluding hydrogens is 558 g/mol. The molecule has 0 saturated carbocycles. The van der Waals surface area contributed by atoms with Crippen LogP contribution >= 0.6 is 23.8 Å². The summed E-state index contributed by atoms with van der Waals surface area (Å²) in [5.74, 6) is 0.767. The predicted octanol–water partition coefficient (Wildman–Crippen LogP) is 8.48. The fourth-order valence-electron chi connectivity index (χ4n) is 7.06. The van der Waals surface area contributed by atoms with Crippen molar-refractivity contribution in [2.75, 3.05) is 22.9 Å². The molecule has 7 heteroatoms. The number of pyridine rings is 1. The lowest BCUT2D eigenvalue weighted by molar-refractivity contribution is 0.438. The Morgan fingerprint density at radius 3 is 2.29 bits per heavy atom. The number of nitrogens with zero attached hydrogens (tertiary/aromatic N) is 4. The summed E-state index contributed by atoms with van der Waals surface area (Å²) >= 11 is 13.1. The third kappa shape index (κ3) is 5.09. The molecule has 0 spiro atoms. The van der Waals surface area contributed by atoms with Gasteiger partial charge in [0.05, 0.1) is 34.2 Å². The molecule has 0 aliphatic carbocycles. The van der Waals surface area contributed by atoms with Gasteiger partial charge in [-0.05, 0) is 119 Å². The van der Waals surface area contributed by atoms with Gasteiger partial charge in [0.2, 0.25) is 0 Å². The van der Waals surface area contributed by atoms with Crippen LogP contribution in [0.5, 0.6) is 0 Å². The Balaban J connectivity index is 1.46. The summed E-state index contributed by atoms with van der Waals surface area (Å²) in [6.07, 6.45) is 4.25. The van der Waals surface area contributed by atoms with Crippen LogP contribution in [0.25, 0.3) is 5.69 Å². The van der Waals surface area contributed by atoms with Crippen LogP contribution in [0.1, 0.15) is 71.2 Å².